The van der Waals surface area contributed by atoms with E-state index in [9.17, 15) is 0 Å². The Morgan fingerprint density at radius 2 is 1.61 bits per heavy atom. The van der Waals surface area contributed by atoms with E-state index in [1.807, 2.05) is 20.8 Å². The maximum Gasteiger partial charge on any atom is 0.154 e. The number of hydrogen-bond acceptors (Lipinski definition) is 2. The third kappa shape index (κ3) is 5.71. The van der Waals surface area contributed by atoms with E-state index in [0.717, 1.165) is 5.92 Å². The molecule has 18 heavy (non-hydrogen) atoms. The lowest BCUT2D eigenvalue weighted by Gasteiger charge is -2.39. The summed E-state index contributed by atoms with van der Waals surface area (Å²) in [5.41, 5.74) is 0.498. The Labute approximate surface area is 114 Å². The second kappa shape index (κ2) is 8.92. The average Bonchev–Trinajstić information content (AvgIpc) is 2.41. The first-order valence-electron chi connectivity index (χ1n) is 7.68. The van der Waals surface area contributed by atoms with E-state index in [1.54, 1.807) is 7.11 Å². The molecule has 2 nitrogen and oxygen atoms in total. The van der Waals surface area contributed by atoms with Crippen LogP contribution in [0.15, 0.2) is 0 Å². The zero-order valence-electron chi connectivity index (χ0n) is 13.6. The summed E-state index contributed by atoms with van der Waals surface area (Å²) in [6.45, 7) is 13.1. The first-order valence-corrected chi connectivity index (χ1v) is 7.68. The highest BCUT2D eigenvalue weighted by Gasteiger charge is 2.32. The molecule has 0 radical (unpaired) electrons. The molecule has 1 aliphatic rings. The second-order valence-corrected chi connectivity index (χ2v) is 5.76. The molecule has 2 heteroatoms. The minimum atomic E-state index is -0.0549. The Hall–Kier alpha value is -0.0800. The highest BCUT2D eigenvalue weighted by Crippen LogP contribution is 2.41. The number of hydrogen-bond donors (Lipinski definition) is 0. The van der Waals surface area contributed by atoms with Crippen LogP contribution in [-0.4, -0.2) is 19.5 Å². The lowest BCUT2D eigenvalue weighted by atomic mass is 9.69. The molecule has 1 saturated carbocycles. The van der Waals surface area contributed by atoms with Gasteiger partial charge in [-0.05, 0) is 43.9 Å². The first-order chi connectivity index (χ1) is 8.49. The van der Waals surface area contributed by atoms with Crippen LogP contribution in [-0.2, 0) is 9.47 Å². The van der Waals surface area contributed by atoms with Crippen LogP contribution in [0.2, 0.25) is 0 Å². The van der Waals surface area contributed by atoms with E-state index in [4.69, 9.17) is 9.47 Å². The largest absolute Gasteiger partial charge is 0.356 e. The lowest BCUT2D eigenvalue weighted by Crippen LogP contribution is -2.32. The van der Waals surface area contributed by atoms with Gasteiger partial charge in [-0.2, -0.15) is 0 Å². The molecule has 1 unspecified atom stereocenters. The molecule has 1 fully saturated rings. The van der Waals surface area contributed by atoms with Gasteiger partial charge >= 0.3 is 0 Å². The van der Waals surface area contributed by atoms with Gasteiger partial charge in [0.15, 0.2) is 6.29 Å². The lowest BCUT2D eigenvalue weighted by molar-refractivity contribution is -0.155. The van der Waals surface area contributed by atoms with Gasteiger partial charge in [0.05, 0.1) is 6.10 Å². The number of methoxy groups -OCH3 is 1. The Bertz CT molecular complexity index is 193. The van der Waals surface area contributed by atoms with Gasteiger partial charge < -0.3 is 9.47 Å². The van der Waals surface area contributed by atoms with Gasteiger partial charge in [0.1, 0.15) is 0 Å². The van der Waals surface area contributed by atoms with Crippen molar-refractivity contribution < 1.29 is 9.47 Å². The summed E-state index contributed by atoms with van der Waals surface area (Å²) in [6, 6.07) is 0. The molecule has 0 spiro atoms. The summed E-state index contributed by atoms with van der Waals surface area (Å²) in [6.07, 6.45) is 6.64. The molecule has 0 bridgehead atoms. The van der Waals surface area contributed by atoms with Crippen LogP contribution in [0.4, 0.5) is 0 Å². The molecule has 110 valence electrons. The van der Waals surface area contributed by atoms with Crippen molar-refractivity contribution in [2.24, 2.45) is 11.3 Å². The number of ether oxygens (including phenoxy) is 2. The van der Waals surface area contributed by atoms with Gasteiger partial charge in [0.25, 0.3) is 0 Å². The van der Waals surface area contributed by atoms with Crippen LogP contribution >= 0.6 is 0 Å². The van der Waals surface area contributed by atoms with Crippen molar-refractivity contribution in [1.29, 1.82) is 0 Å². The molecule has 0 heterocycles. The molecule has 0 N–H and O–H groups in total. The van der Waals surface area contributed by atoms with Crippen molar-refractivity contribution >= 4 is 0 Å². The highest BCUT2D eigenvalue weighted by molar-refractivity contribution is 4.82. The zero-order chi connectivity index (χ0) is 14.2. The van der Waals surface area contributed by atoms with Crippen molar-refractivity contribution in [3.63, 3.8) is 0 Å². The second-order valence-electron chi connectivity index (χ2n) is 5.76. The topological polar surface area (TPSA) is 18.5 Å². The highest BCUT2D eigenvalue weighted by atomic mass is 16.7. The Balaban J connectivity index is 0.00000137. The third-order valence-corrected chi connectivity index (χ3v) is 4.41. The third-order valence-electron chi connectivity index (χ3n) is 4.41. The maximum absolute atomic E-state index is 5.81. The Kier molecular flexibility index (Phi) is 8.89. The van der Waals surface area contributed by atoms with Crippen LogP contribution < -0.4 is 0 Å². The fourth-order valence-electron chi connectivity index (χ4n) is 2.60. The summed E-state index contributed by atoms with van der Waals surface area (Å²) in [5, 5.41) is 0. The summed E-state index contributed by atoms with van der Waals surface area (Å²) >= 11 is 0. The fraction of sp³-hybridized carbons (Fsp3) is 1.00. The van der Waals surface area contributed by atoms with Gasteiger partial charge in [0.2, 0.25) is 0 Å². The monoisotopic (exact) mass is 258 g/mol. The van der Waals surface area contributed by atoms with E-state index >= 15 is 0 Å². The summed E-state index contributed by atoms with van der Waals surface area (Å²) in [7, 11) is 1.70. The molecule has 0 aliphatic heterocycles. The first kappa shape index (κ1) is 17.9. The molecule has 1 rings (SSSR count). The predicted molar refractivity (Wildman–Crippen MR) is 78.7 cm³/mol. The normalized spacial score (nSPS) is 26.2. The predicted octanol–water partition coefficient (Wildman–Crippen LogP) is 5.02. The SMILES string of the molecule is CC.CCC(C)(C)C1CCC(OC(C)OC)CC1. The van der Waals surface area contributed by atoms with E-state index in [-0.39, 0.29) is 6.29 Å². The van der Waals surface area contributed by atoms with Gasteiger partial charge in [-0.25, -0.2) is 0 Å². The van der Waals surface area contributed by atoms with Gasteiger partial charge in [-0.15, -0.1) is 0 Å². The van der Waals surface area contributed by atoms with Crippen molar-refractivity contribution in [3.05, 3.63) is 0 Å². The van der Waals surface area contributed by atoms with E-state index in [0.29, 0.717) is 11.5 Å². The molecular formula is C16H34O2. The van der Waals surface area contributed by atoms with Crippen molar-refractivity contribution in [3.8, 4) is 0 Å². The number of rotatable bonds is 5. The molecule has 0 amide bonds. The summed E-state index contributed by atoms with van der Waals surface area (Å²) in [4.78, 5) is 0. The van der Waals surface area contributed by atoms with Crippen molar-refractivity contribution in [1.82, 2.24) is 0 Å². The smallest absolute Gasteiger partial charge is 0.154 e. The van der Waals surface area contributed by atoms with Crippen LogP contribution in [0.5, 0.6) is 0 Å². The maximum atomic E-state index is 5.81. The van der Waals surface area contributed by atoms with E-state index < -0.39 is 0 Å². The molecule has 1 atom stereocenters. The average molecular weight is 258 g/mol. The van der Waals surface area contributed by atoms with Gasteiger partial charge in [0, 0.05) is 7.11 Å². The van der Waals surface area contributed by atoms with Crippen LogP contribution in [0.3, 0.4) is 0 Å². The van der Waals surface area contributed by atoms with E-state index in [2.05, 4.69) is 20.8 Å². The fourth-order valence-corrected chi connectivity index (χ4v) is 2.60. The van der Waals surface area contributed by atoms with Crippen LogP contribution in [0.25, 0.3) is 0 Å². The summed E-state index contributed by atoms with van der Waals surface area (Å²) < 4.78 is 11.0. The quantitative estimate of drug-likeness (QED) is 0.645. The Morgan fingerprint density at radius 1 is 1.11 bits per heavy atom. The minimum absolute atomic E-state index is 0.0549. The molecule has 0 aromatic heterocycles. The van der Waals surface area contributed by atoms with Gasteiger partial charge in [-0.3, -0.25) is 0 Å². The molecule has 1 aliphatic carbocycles. The van der Waals surface area contributed by atoms with Crippen molar-refractivity contribution in [2.45, 2.75) is 86.0 Å². The minimum Gasteiger partial charge on any atom is -0.356 e. The van der Waals surface area contributed by atoms with Crippen LogP contribution in [0, 0.1) is 11.3 Å². The Morgan fingerprint density at radius 3 is 2.00 bits per heavy atom. The standard InChI is InChI=1S/C14H28O2.C2H6/c1-6-14(3,4)12-7-9-13(10-8-12)16-11(2)15-5;1-2/h11-13H,6-10H2,1-5H3;1-2H3. The zero-order valence-corrected chi connectivity index (χ0v) is 13.6. The van der Waals surface area contributed by atoms with Crippen molar-refractivity contribution in [2.75, 3.05) is 7.11 Å². The van der Waals surface area contributed by atoms with Gasteiger partial charge in [-0.1, -0.05) is 41.0 Å². The summed E-state index contributed by atoms with van der Waals surface area (Å²) in [5.74, 6) is 0.871. The molecular weight excluding hydrogens is 224 g/mol. The van der Waals surface area contributed by atoms with Crippen LogP contribution in [0.1, 0.15) is 73.6 Å². The molecule has 0 aromatic carbocycles. The molecule has 0 aromatic rings. The van der Waals surface area contributed by atoms with E-state index in [1.165, 1.54) is 32.1 Å². The molecule has 0 saturated heterocycles.